The van der Waals surface area contributed by atoms with Crippen molar-refractivity contribution in [3.63, 3.8) is 0 Å². The largest absolute Gasteiger partial charge is 0.394 e. The lowest BCUT2D eigenvalue weighted by molar-refractivity contribution is 0.0917. The number of benzene rings is 2. The summed E-state index contributed by atoms with van der Waals surface area (Å²) < 4.78 is 0. The topological polar surface area (TPSA) is 98.1 Å². The number of hydrogen-bond donors (Lipinski definition) is 2. The van der Waals surface area contributed by atoms with Gasteiger partial charge in [-0.15, -0.1) is 0 Å². The molecule has 0 aromatic heterocycles. The van der Waals surface area contributed by atoms with Crippen molar-refractivity contribution in [1.29, 1.82) is 0 Å². The second-order valence-corrected chi connectivity index (χ2v) is 4.75. The van der Waals surface area contributed by atoms with Gasteiger partial charge in [0.25, 0.3) is 5.91 Å². The Morgan fingerprint density at radius 3 is 2.55 bits per heavy atom. The predicted octanol–water partition coefficient (Wildman–Crippen LogP) is 2.96. The van der Waals surface area contributed by atoms with Crippen LogP contribution in [0.5, 0.6) is 0 Å². The van der Waals surface area contributed by atoms with Gasteiger partial charge in [-0.1, -0.05) is 53.6 Å². The maximum absolute atomic E-state index is 12.3. The number of aliphatic hydroxyl groups is 1. The summed E-state index contributed by atoms with van der Waals surface area (Å²) >= 11 is 0. The highest BCUT2D eigenvalue weighted by Crippen LogP contribution is 2.19. The van der Waals surface area contributed by atoms with Gasteiger partial charge in [-0.2, -0.15) is 0 Å². The smallest absolute Gasteiger partial charge is 0.252 e. The van der Waals surface area contributed by atoms with Crippen LogP contribution in [0, 0.1) is 0 Å². The Morgan fingerprint density at radius 1 is 1.18 bits per heavy atom. The average Bonchev–Trinajstić information content (AvgIpc) is 2.56. The van der Waals surface area contributed by atoms with Crippen LogP contribution in [-0.2, 0) is 6.42 Å². The summed E-state index contributed by atoms with van der Waals surface area (Å²) in [4.78, 5) is 15.0. The molecule has 2 N–H and O–H groups in total. The molecule has 0 unspecified atom stereocenters. The molecular formula is C16H16N4O2. The van der Waals surface area contributed by atoms with Gasteiger partial charge in [0.15, 0.2) is 0 Å². The standard InChI is InChI=1S/C16H16N4O2/c17-20-19-15-9-5-4-8-14(15)16(22)18-13(11-21)10-12-6-2-1-3-7-12/h1-9,13,21H,10-11H2,(H,18,22)/t13-/m0/s1. The van der Waals surface area contributed by atoms with Crippen LogP contribution in [0.25, 0.3) is 10.4 Å². The van der Waals surface area contributed by atoms with E-state index >= 15 is 0 Å². The minimum Gasteiger partial charge on any atom is -0.394 e. The number of nitrogens with zero attached hydrogens (tertiary/aromatic N) is 3. The molecule has 0 fully saturated rings. The fourth-order valence-corrected chi connectivity index (χ4v) is 2.12. The summed E-state index contributed by atoms with van der Waals surface area (Å²) in [6.07, 6.45) is 0.521. The Labute approximate surface area is 128 Å². The van der Waals surface area contributed by atoms with Crippen molar-refractivity contribution in [2.24, 2.45) is 5.11 Å². The summed E-state index contributed by atoms with van der Waals surface area (Å²) in [5, 5.41) is 15.7. The van der Waals surface area contributed by atoms with Gasteiger partial charge >= 0.3 is 0 Å². The maximum Gasteiger partial charge on any atom is 0.252 e. The molecular weight excluding hydrogens is 280 g/mol. The molecule has 0 bridgehead atoms. The second kappa shape index (κ2) is 7.83. The fraction of sp³-hybridized carbons (Fsp3) is 0.188. The van der Waals surface area contributed by atoms with Crippen LogP contribution in [0.1, 0.15) is 15.9 Å². The molecule has 1 amide bonds. The van der Waals surface area contributed by atoms with Gasteiger partial charge in [-0.3, -0.25) is 4.79 Å². The van der Waals surface area contributed by atoms with Crippen molar-refractivity contribution >= 4 is 11.6 Å². The zero-order valence-corrected chi connectivity index (χ0v) is 11.9. The van der Waals surface area contributed by atoms with E-state index in [2.05, 4.69) is 15.3 Å². The second-order valence-electron chi connectivity index (χ2n) is 4.75. The Kier molecular flexibility index (Phi) is 5.54. The number of amides is 1. The van der Waals surface area contributed by atoms with Crippen LogP contribution in [-0.4, -0.2) is 23.7 Å². The van der Waals surface area contributed by atoms with Gasteiger partial charge < -0.3 is 10.4 Å². The summed E-state index contributed by atoms with van der Waals surface area (Å²) in [5.74, 6) is -0.377. The molecule has 0 spiro atoms. The van der Waals surface area contributed by atoms with Crippen molar-refractivity contribution in [2.75, 3.05) is 6.61 Å². The molecule has 0 heterocycles. The molecule has 22 heavy (non-hydrogen) atoms. The van der Waals surface area contributed by atoms with E-state index < -0.39 is 6.04 Å². The minimum atomic E-state index is -0.408. The number of hydrogen-bond acceptors (Lipinski definition) is 3. The lowest BCUT2D eigenvalue weighted by atomic mass is 10.1. The summed E-state index contributed by atoms with van der Waals surface area (Å²) in [6, 6.07) is 15.7. The van der Waals surface area contributed by atoms with Gasteiger partial charge in [0.05, 0.1) is 18.3 Å². The van der Waals surface area contributed by atoms with Gasteiger partial charge in [-0.05, 0) is 23.6 Å². The monoisotopic (exact) mass is 296 g/mol. The van der Waals surface area contributed by atoms with E-state index in [1.165, 1.54) is 0 Å². The molecule has 6 nitrogen and oxygen atoms in total. The zero-order chi connectivity index (χ0) is 15.8. The van der Waals surface area contributed by atoms with E-state index in [0.29, 0.717) is 6.42 Å². The van der Waals surface area contributed by atoms with Crippen molar-refractivity contribution < 1.29 is 9.90 Å². The van der Waals surface area contributed by atoms with Crippen molar-refractivity contribution in [3.8, 4) is 0 Å². The average molecular weight is 296 g/mol. The maximum atomic E-state index is 12.3. The Hall–Kier alpha value is -2.82. The summed E-state index contributed by atoms with van der Waals surface area (Å²) in [6.45, 7) is -0.176. The molecule has 2 aromatic rings. The molecule has 112 valence electrons. The molecule has 0 aliphatic rings. The van der Waals surface area contributed by atoms with Crippen LogP contribution >= 0.6 is 0 Å². The van der Waals surface area contributed by atoms with Crippen molar-refractivity contribution in [3.05, 3.63) is 76.2 Å². The van der Waals surface area contributed by atoms with E-state index in [0.717, 1.165) is 5.56 Å². The van der Waals surface area contributed by atoms with E-state index in [4.69, 9.17) is 5.53 Å². The van der Waals surface area contributed by atoms with E-state index in [1.807, 2.05) is 30.3 Å². The molecule has 0 radical (unpaired) electrons. The van der Waals surface area contributed by atoms with Crippen LogP contribution in [0.3, 0.4) is 0 Å². The number of aliphatic hydroxyl groups excluding tert-OH is 1. The third kappa shape index (κ3) is 4.09. The Morgan fingerprint density at radius 2 is 1.86 bits per heavy atom. The summed E-state index contributed by atoms with van der Waals surface area (Å²) in [7, 11) is 0. The number of azide groups is 1. The first-order valence-corrected chi connectivity index (χ1v) is 6.84. The van der Waals surface area contributed by atoms with Crippen LogP contribution in [0.15, 0.2) is 59.7 Å². The first-order chi connectivity index (χ1) is 10.7. The zero-order valence-electron chi connectivity index (χ0n) is 11.9. The molecule has 2 rings (SSSR count). The van der Waals surface area contributed by atoms with Gasteiger partial charge in [0, 0.05) is 10.5 Å². The molecule has 1 atom stereocenters. The highest BCUT2D eigenvalue weighted by atomic mass is 16.3. The molecule has 0 saturated heterocycles. The molecule has 6 heteroatoms. The first-order valence-electron chi connectivity index (χ1n) is 6.84. The number of rotatable bonds is 6. The number of nitrogens with one attached hydrogen (secondary N) is 1. The van der Waals surface area contributed by atoms with Crippen molar-refractivity contribution in [2.45, 2.75) is 12.5 Å². The van der Waals surface area contributed by atoms with E-state index in [-0.39, 0.29) is 23.8 Å². The van der Waals surface area contributed by atoms with Gasteiger partial charge in [0.1, 0.15) is 0 Å². The van der Waals surface area contributed by atoms with Crippen LogP contribution < -0.4 is 5.32 Å². The van der Waals surface area contributed by atoms with Crippen LogP contribution in [0.2, 0.25) is 0 Å². The summed E-state index contributed by atoms with van der Waals surface area (Å²) in [5.41, 5.74) is 10.1. The third-order valence-corrected chi connectivity index (χ3v) is 3.18. The molecule has 0 aliphatic heterocycles. The normalized spacial score (nSPS) is 11.3. The molecule has 2 aromatic carbocycles. The predicted molar refractivity (Wildman–Crippen MR) is 83.7 cm³/mol. The highest BCUT2D eigenvalue weighted by molar-refractivity contribution is 5.99. The number of carbonyl (C=O) groups is 1. The van der Waals surface area contributed by atoms with Crippen LogP contribution in [0.4, 0.5) is 5.69 Å². The first kappa shape index (κ1) is 15.6. The van der Waals surface area contributed by atoms with Gasteiger partial charge in [0.2, 0.25) is 0 Å². The number of carbonyl (C=O) groups excluding carboxylic acids is 1. The third-order valence-electron chi connectivity index (χ3n) is 3.18. The lowest BCUT2D eigenvalue weighted by Gasteiger charge is -2.17. The van der Waals surface area contributed by atoms with Crippen molar-refractivity contribution in [1.82, 2.24) is 5.32 Å². The lowest BCUT2D eigenvalue weighted by Crippen LogP contribution is -2.39. The van der Waals surface area contributed by atoms with E-state index in [1.54, 1.807) is 24.3 Å². The SMILES string of the molecule is [N-]=[N+]=Nc1ccccc1C(=O)N[C@H](CO)Cc1ccccc1. The molecule has 0 saturated carbocycles. The highest BCUT2D eigenvalue weighted by Gasteiger charge is 2.15. The Bertz CT molecular complexity index is 682. The molecule has 0 aliphatic carbocycles. The van der Waals surface area contributed by atoms with E-state index in [9.17, 15) is 9.90 Å². The Balaban J connectivity index is 2.11. The fourth-order valence-electron chi connectivity index (χ4n) is 2.12. The van der Waals surface area contributed by atoms with Gasteiger partial charge in [-0.25, -0.2) is 0 Å². The minimum absolute atomic E-state index is 0.176. The quantitative estimate of drug-likeness (QED) is 0.486.